The summed E-state index contributed by atoms with van der Waals surface area (Å²) in [4.78, 5) is 0. The largest absolute Gasteiger partial charge is 0.351 e. The molecule has 1 N–H and O–H groups in total. The third-order valence-corrected chi connectivity index (χ3v) is 2.82. The molecular formula is C12H22N2. The molecule has 80 valence electrons. The molecule has 0 fully saturated rings. The summed E-state index contributed by atoms with van der Waals surface area (Å²) in [5.74, 6) is 0. The van der Waals surface area contributed by atoms with Gasteiger partial charge >= 0.3 is 0 Å². The van der Waals surface area contributed by atoms with Gasteiger partial charge in [0.05, 0.1) is 0 Å². The maximum absolute atomic E-state index is 3.58. The van der Waals surface area contributed by atoms with Gasteiger partial charge in [0.2, 0.25) is 0 Å². The summed E-state index contributed by atoms with van der Waals surface area (Å²) >= 11 is 0. The standard InChI is InChI=1S/C12H22N2/c1-4-11(5-2)13-10-12-8-7-9-14(12)6-3/h7-9,11,13H,4-6,10H2,1-3H3. The number of hydrogen-bond donors (Lipinski definition) is 1. The fourth-order valence-corrected chi connectivity index (χ4v) is 1.74. The van der Waals surface area contributed by atoms with Gasteiger partial charge in [0.1, 0.15) is 0 Å². The summed E-state index contributed by atoms with van der Waals surface area (Å²) < 4.78 is 2.29. The van der Waals surface area contributed by atoms with Crippen LogP contribution in [0.2, 0.25) is 0 Å². The lowest BCUT2D eigenvalue weighted by Gasteiger charge is -2.15. The van der Waals surface area contributed by atoms with Gasteiger partial charge in [-0.25, -0.2) is 0 Å². The Labute approximate surface area is 87.3 Å². The van der Waals surface area contributed by atoms with Crippen LogP contribution in [0.15, 0.2) is 18.3 Å². The van der Waals surface area contributed by atoms with E-state index in [2.05, 4.69) is 49.0 Å². The van der Waals surface area contributed by atoms with Gasteiger partial charge in [-0.3, -0.25) is 0 Å². The SMILES string of the molecule is CCC(CC)NCc1cccn1CC. The summed E-state index contributed by atoms with van der Waals surface area (Å²) in [5, 5.41) is 3.58. The predicted molar refractivity (Wildman–Crippen MR) is 61.3 cm³/mol. The Bertz CT molecular complexity index is 249. The predicted octanol–water partition coefficient (Wildman–Crippen LogP) is 2.79. The zero-order valence-corrected chi connectivity index (χ0v) is 9.59. The topological polar surface area (TPSA) is 17.0 Å². The summed E-state index contributed by atoms with van der Waals surface area (Å²) in [7, 11) is 0. The number of rotatable bonds is 6. The molecule has 1 aromatic rings. The van der Waals surface area contributed by atoms with E-state index in [9.17, 15) is 0 Å². The van der Waals surface area contributed by atoms with E-state index < -0.39 is 0 Å². The highest BCUT2D eigenvalue weighted by molar-refractivity contribution is 5.06. The minimum absolute atomic E-state index is 0.662. The molecule has 0 unspecified atom stereocenters. The third kappa shape index (κ3) is 2.88. The fourth-order valence-electron chi connectivity index (χ4n) is 1.74. The van der Waals surface area contributed by atoms with E-state index in [1.165, 1.54) is 18.5 Å². The second-order valence-electron chi connectivity index (χ2n) is 3.68. The maximum Gasteiger partial charge on any atom is 0.0361 e. The molecule has 2 nitrogen and oxygen atoms in total. The molecule has 0 bridgehead atoms. The van der Waals surface area contributed by atoms with Crippen molar-refractivity contribution in [2.75, 3.05) is 0 Å². The number of nitrogens with zero attached hydrogens (tertiary/aromatic N) is 1. The van der Waals surface area contributed by atoms with Gasteiger partial charge in [0, 0.05) is 31.0 Å². The van der Waals surface area contributed by atoms with E-state index in [1.807, 2.05) is 0 Å². The van der Waals surface area contributed by atoms with E-state index >= 15 is 0 Å². The van der Waals surface area contributed by atoms with Gasteiger partial charge in [0.15, 0.2) is 0 Å². The van der Waals surface area contributed by atoms with Crippen molar-refractivity contribution < 1.29 is 0 Å². The van der Waals surface area contributed by atoms with E-state index in [-0.39, 0.29) is 0 Å². The van der Waals surface area contributed by atoms with Gasteiger partial charge in [-0.2, -0.15) is 0 Å². The Morgan fingerprint density at radius 1 is 1.29 bits per heavy atom. The normalized spacial score (nSPS) is 11.1. The molecule has 0 spiro atoms. The minimum atomic E-state index is 0.662. The van der Waals surface area contributed by atoms with E-state index in [0.29, 0.717) is 6.04 Å². The first-order valence-electron chi connectivity index (χ1n) is 5.69. The molecule has 0 amide bonds. The van der Waals surface area contributed by atoms with Crippen LogP contribution in [0.3, 0.4) is 0 Å². The fraction of sp³-hybridized carbons (Fsp3) is 0.667. The van der Waals surface area contributed by atoms with Gasteiger partial charge < -0.3 is 9.88 Å². The van der Waals surface area contributed by atoms with Crippen molar-refractivity contribution >= 4 is 0 Å². The molecular weight excluding hydrogens is 172 g/mol. The third-order valence-electron chi connectivity index (χ3n) is 2.82. The molecule has 0 aliphatic rings. The van der Waals surface area contributed by atoms with Crippen LogP contribution < -0.4 is 5.32 Å². The average Bonchev–Trinajstić information content (AvgIpc) is 2.67. The van der Waals surface area contributed by atoms with Crippen molar-refractivity contribution in [3.63, 3.8) is 0 Å². The maximum atomic E-state index is 3.58. The molecule has 0 saturated heterocycles. The summed E-state index contributed by atoms with van der Waals surface area (Å²) in [6.07, 6.45) is 4.57. The molecule has 0 radical (unpaired) electrons. The zero-order valence-electron chi connectivity index (χ0n) is 9.59. The van der Waals surface area contributed by atoms with Crippen LogP contribution in [0.4, 0.5) is 0 Å². The number of nitrogens with one attached hydrogen (secondary N) is 1. The van der Waals surface area contributed by atoms with Crippen molar-refractivity contribution in [2.24, 2.45) is 0 Å². The highest BCUT2D eigenvalue weighted by Crippen LogP contribution is 2.04. The molecule has 0 aliphatic carbocycles. The van der Waals surface area contributed by atoms with Crippen molar-refractivity contribution in [3.8, 4) is 0 Å². The first kappa shape index (κ1) is 11.3. The van der Waals surface area contributed by atoms with Gasteiger partial charge in [-0.15, -0.1) is 0 Å². The van der Waals surface area contributed by atoms with E-state index in [1.54, 1.807) is 0 Å². The van der Waals surface area contributed by atoms with Crippen LogP contribution in [0.1, 0.15) is 39.3 Å². The molecule has 0 aromatic carbocycles. The van der Waals surface area contributed by atoms with Crippen molar-refractivity contribution in [3.05, 3.63) is 24.0 Å². The highest BCUT2D eigenvalue weighted by Gasteiger charge is 2.03. The lowest BCUT2D eigenvalue weighted by molar-refractivity contribution is 0.473. The molecule has 1 aromatic heterocycles. The quantitative estimate of drug-likeness (QED) is 0.737. The van der Waals surface area contributed by atoms with Crippen molar-refractivity contribution in [2.45, 2.75) is 52.7 Å². The van der Waals surface area contributed by atoms with Crippen LogP contribution in [0.5, 0.6) is 0 Å². The molecule has 0 aliphatic heterocycles. The Hall–Kier alpha value is -0.760. The van der Waals surface area contributed by atoms with Crippen LogP contribution in [0.25, 0.3) is 0 Å². The lowest BCUT2D eigenvalue weighted by Crippen LogP contribution is -2.27. The van der Waals surface area contributed by atoms with Crippen LogP contribution in [0, 0.1) is 0 Å². The average molecular weight is 194 g/mol. The van der Waals surface area contributed by atoms with Crippen LogP contribution in [-0.4, -0.2) is 10.6 Å². The number of hydrogen-bond acceptors (Lipinski definition) is 1. The molecule has 1 rings (SSSR count). The monoisotopic (exact) mass is 194 g/mol. The molecule has 1 heterocycles. The van der Waals surface area contributed by atoms with Crippen LogP contribution in [-0.2, 0) is 13.1 Å². The summed E-state index contributed by atoms with van der Waals surface area (Å²) in [6.45, 7) is 8.71. The van der Waals surface area contributed by atoms with Crippen molar-refractivity contribution in [1.29, 1.82) is 0 Å². The lowest BCUT2D eigenvalue weighted by atomic mass is 10.2. The molecule has 14 heavy (non-hydrogen) atoms. The first-order valence-corrected chi connectivity index (χ1v) is 5.69. The Morgan fingerprint density at radius 2 is 2.00 bits per heavy atom. The Morgan fingerprint density at radius 3 is 2.57 bits per heavy atom. The highest BCUT2D eigenvalue weighted by atomic mass is 15.0. The van der Waals surface area contributed by atoms with Gasteiger partial charge in [-0.05, 0) is 31.9 Å². The molecule has 0 atom stereocenters. The Kier molecular flexibility index (Phi) is 4.74. The minimum Gasteiger partial charge on any atom is -0.351 e. The van der Waals surface area contributed by atoms with Crippen molar-refractivity contribution in [1.82, 2.24) is 9.88 Å². The second-order valence-corrected chi connectivity index (χ2v) is 3.68. The van der Waals surface area contributed by atoms with Gasteiger partial charge in [-0.1, -0.05) is 13.8 Å². The number of aryl methyl sites for hydroxylation is 1. The smallest absolute Gasteiger partial charge is 0.0361 e. The first-order chi connectivity index (χ1) is 6.81. The van der Waals surface area contributed by atoms with E-state index in [0.717, 1.165) is 13.1 Å². The molecule has 2 heteroatoms. The summed E-state index contributed by atoms with van der Waals surface area (Å²) in [6, 6.07) is 4.97. The summed E-state index contributed by atoms with van der Waals surface area (Å²) in [5.41, 5.74) is 1.39. The number of aromatic nitrogens is 1. The molecule has 0 saturated carbocycles. The Balaban J connectivity index is 2.44. The van der Waals surface area contributed by atoms with Gasteiger partial charge in [0.25, 0.3) is 0 Å². The second kappa shape index (κ2) is 5.86. The van der Waals surface area contributed by atoms with Crippen LogP contribution >= 0.6 is 0 Å². The van der Waals surface area contributed by atoms with E-state index in [4.69, 9.17) is 0 Å². The zero-order chi connectivity index (χ0) is 10.4.